The van der Waals surface area contributed by atoms with E-state index in [0.717, 1.165) is 5.56 Å². The summed E-state index contributed by atoms with van der Waals surface area (Å²) in [5.41, 5.74) is 0.839. The van der Waals surface area contributed by atoms with Crippen LogP contribution in [0.5, 0.6) is 34.5 Å². The predicted molar refractivity (Wildman–Crippen MR) is 92.5 cm³/mol. The Bertz CT molecular complexity index is 634. The number of hydrogen-bond donors (Lipinski definition) is 2. The molecule has 6 nitrogen and oxygen atoms in total. The lowest BCUT2D eigenvalue weighted by molar-refractivity contribution is 0.340. The van der Waals surface area contributed by atoms with Gasteiger partial charge in [-0.3, -0.25) is 0 Å². The minimum atomic E-state index is 0.00981. The Morgan fingerprint density at radius 2 is 1.12 bits per heavy atom. The lowest BCUT2D eigenvalue weighted by atomic mass is 10.2. The lowest BCUT2D eigenvalue weighted by Gasteiger charge is -2.08. The van der Waals surface area contributed by atoms with E-state index in [-0.39, 0.29) is 11.5 Å². The number of benzene rings is 2. The summed E-state index contributed by atoms with van der Waals surface area (Å²) in [6.45, 7) is 3.62. The molecule has 0 atom stereocenters. The third-order valence-corrected chi connectivity index (χ3v) is 3.14. The van der Waals surface area contributed by atoms with Crippen molar-refractivity contribution in [3.8, 4) is 34.5 Å². The van der Waals surface area contributed by atoms with Crippen LogP contribution in [0, 0.1) is 0 Å². The zero-order valence-electron chi connectivity index (χ0n) is 14.2. The molecular weight excluding hydrogens is 312 g/mol. The number of rotatable bonds is 5. The third-order valence-electron chi connectivity index (χ3n) is 3.14. The predicted octanol–water partition coefficient (Wildman–Crippen LogP) is 3.46. The van der Waals surface area contributed by atoms with Crippen molar-refractivity contribution in [3.63, 3.8) is 0 Å². The maximum Gasteiger partial charge on any atom is 0.200 e. The van der Waals surface area contributed by atoms with E-state index < -0.39 is 0 Å². The molecule has 6 heteroatoms. The normalized spacial score (nSPS) is 9.33. The van der Waals surface area contributed by atoms with Crippen molar-refractivity contribution in [1.29, 1.82) is 0 Å². The van der Waals surface area contributed by atoms with Gasteiger partial charge in [0.1, 0.15) is 0 Å². The first-order chi connectivity index (χ1) is 11.5. The van der Waals surface area contributed by atoms with Gasteiger partial charge in [0, 0.05) is 0 Å². The van der Waals surface area contributed by atoms with Crippen LogP contribution in [0.2, 0.25) is 0 Å². The molecule has 130 valence electrons. The van der Waals surface area contributed by atoms with Gasteiger partial charge in [0.15, 0.2) is 23.0 Å². The highest BCUT2D eigenvalue weighted by Crippen LogP contribution is 2.37. The fourth-order valence-electron chi connectivity index (χ4n) is 1.86. The van der Waals surface area contributed by atoms with Crippen LogP contribution in [0.3, 0.4) is 0 Å². The van der Waals surface area contributed by atoms with Crippen LogP contribution in [0.25, 0.3) is 6.08 Å². The fourth-order valence-corrected chi connectivity index (χ4v) is 1.86. The van der Waals surface area contributed by atoms with Gasteiger partial charge in [-0.2, -0.15) is 0 Å². The average molecular weight is 334 g/mol. The van der Waals surface area contributed by atoms with Crippen molar-refractivity contribution >= 4 is 6.08 Å². The first kappa shape index (κ1) is 19.0. The SMILES string of the molecule is C=Cc1cc(OC)c(O)c(OC)c1.COc1cccc(OC)c1O. The molecule has 0 aliphatic carbocycles. The van der Waals surface area contributed by atoms with Gasteiger partial charge in [0.05, 0.1) is 28.4 Å². The highest BCUT2D eigenvalue weighted by atomic mass is 16.5. The van der Waals surface area contributed by atoms with Crippen LogP contribution in [-0.4, -0.2) is 38.7 Å². The Balaban J connectivity index is 0.000000243. The zero-order chi connectivity index (χ0) is 18.1. The third kappa shape index (κ3) is 4.49. The maximum absolute atomic E-state index is 9.52. The van der Waals surface area contributed by atoms with Gasteiger partial charge in [-0.05, 0) is 29.8 Å². The Morgan fingerprint density at radius 1 is 0.750 bits per heavy atom. The topological polar surface area (TPSA) is 77.4 Å². The number of aromatic hydroxyl groups is 2. The summed E-state index contributed by atoms with van der Waals surface area (Å²) >= 11 is 0. The zero-order valence-corrected chi connectivity index (χ0v) is 14.2. The summed E-state index contributed by atoms with van der Waals surface area (Å²) in [6, 6.07) is 8.45. The number of phenolic OH excluding ortho intramolecular Hbond substituents is 2. The summed E-state index contributed by atoms with van der Waals surface area (Å²) in [5, 5.41) is 18.9. The van der Waals surface area contributed by atoms with E-state index in [2.05, 4.69) is 6.58 Å². The molecular formula is C18H22O6. The molecule has 0 aromatic heterocycles. The second-order valence-corrected chi connectivity index (χ2v) is 4.49. The first-order valence-electron chi connectivity index (χ1n) is 6.99. The van der Waals surface area contributed by atoms with Crippen LogP contribution >= 0.6 is 0 Å². The average Bonchev–Trinajstić information content (AvgIpc) is 2.62. The summed E-state index contributed by atoms with van der Waals surface area (Å²) < 4.78 is 19.6. The maximum atomic E-state index is 9.52. The van der Waals surface area contributed by atoms with E-state index in [0.29, 0.717) is 23.0 Å². The van der Waals surface area contributed by atoms with E-state index >= 15 is 0 Å². The van der Waals surface area contributed by atoms with Gasteiger partial charge in [-0.1, -0.05) is 18.7 Å². The molecule has 2 N–H and O–H groups in total. The molecule has 2 rings (SSSR count). The largest absolute Gasteiger partial charge is 0.502 e. The molecule has 0 spiro atoms. The van der Waals surface area contributed by atoms with Gasteiger partial charge in [-0.15, -0.1) is 0 Å². The smallest absolute Gasteiger partial charge is 0.200 e. The van der Waals surface area contributed by atoms with Gasteiger partial charge < -0.3 is 29.2 Å². The highest BCUT2D eigenvalue weighted by Gasteiger charge is 2.09. The molecule has 0 saturated carbocycles. The van der Waals surface area contributed by atoms with E-state index in [1.165, 1.54) is 28.4 Å². The Morgan fingerprint density at radius 3 is 1.46 bits per heavy atom. The number of ether oxygens (including phenoxy) is 4. The Kier molecular flexibility index (Phi) is 7.29. The summed E-state index contributed by atoms with van der Waals surface area (Å²) in [5.74, 6) is 1.66. The van der Waals surface area contributed by atoms with E-state index in [4.69, 9.17) is 18.9 Å². The minimum absolute atomic E-state index is 0.00981. The van der Waals surface area contributed by atoms with Crippen molar-refractivity contribution in [3.05, 3.63) is 42.5 Å². The van der Waals surface area contributed by atoms with Crippen LogP contribution in [-0.2, 0) is 0 Å². The number of para-hydroxylation sites is 1. The minimum Gasteiger partial charge on any atom is -0.502 e. The number of phenols is 2. The fraction of sp³-hybridized carbons (Fsp3) is 0.222. The first-order valence-corrected chi connectivity index (χ1v) is 6.99. The molecule has 0 unspecified atom stereocenters. The molecule has 0 heterocycles. The van der Waals surface area contributed by atoms with E-state index in [1.54, 1.807) is 36.4 Å². The molecule has 2 aromatic rings. The summed E-state index contributed by atoms with van der Waals surface area (Å²) in [7, 11) is 5.96. The quantitative estimate of drug-likeness (QED) is 0.872. The van der Waals surface area contributed by atoms with Crippen molar-refractivity contribution in [2.24, 2.45) is 0 Å². The van der Waals surface area contributed by atoms with Crippen molar-refractivity contribution in [2.45, 2.75) is 0 Å². The van der Waals surface area contributed by atoms with Gasteiger partial charge in [-0.25, -0.2) is 0 Å². The molecule has 24 heavy (non-hydrogen) atoms. The van der Waals surface area contributed by atoms with E-state index in [9.17, 15) is 10.2 Å². The van der Waals surface area contributed by atoms with Crippen molar-refractivity contribution < 1.29 is 29.2 Å². The van der Waals surface area contributed by atoms with Crippen LogP contribution in [0.4, 0.5) is 0 Å². The van der Waals surface area contributed by atoms with Crippen LogP contribution in [0.15, 0.2) is 36.9 Å². The standard InChI is InChI=1S/C10H12O3.C8H10O3/c1-4-7-5-8(12-2)10(11)9(6-7)13-3;1-10-6-4-3-5-7(11-2)8(6)9/h4-6,11H,1H2,2-3H3;3-5,9H,1-2H3. The van der Waals surface area contributed by atoms with Crippen molar-refractivity contribution in [2.75, 3.05) is 28.4 Å². The highest BCUT2D eigenvalue weighted by molar-refractivity contribution is 5.60. The molecule has 0 aliphatic heterocycles. The van der Waals surface area contributed by atoms with Crippen LogP contribution in [0.1, 0.15) is 5.56 Å². The molecule has 0 fully saturated rings. The molecule has 2 aromatic carbocycles. The monoisotopic (exact) mass is 334 g/mol. The Labute approximate surface area is 141 Å². The second kappa shape index (κ2) is 9.19. The Hall–Kier alpha value is -3.02. The second-order valence-electron chi connectivity index (χ2n) is 4.49. The van der Waals surface area contributed by atoms with Crippen molar-refractivity contribution in [1.82, 2.24) is 0 Å². The molecule has 0 radical (unpaired) electrons. The number of methoxy groups -OCH3 is 4. The van der Waals surface area contributed by atoms with Gasteiger partial charge >= 0.3 is 0 Å². The molecule has 0 aliphatic rings. The number of hydrogen-bond acceptors (Lipinski definition) is 6. The summed E-state index contributed by atoms with van der Waals surface area (Å²) in [6.07, 6.45) is 1.66. The summed E-state index contributed by atoms with van der Waals surface area (Å²) in [4.78, 5) is 0. The molecule has 0 amide bonds. The van der Waals surface area contributed by atoms with E-state index in [1.807, 2.05) is 0 Å². The molecule has 0 saturated heterocycles. The molecule has 0 bridgehead atoms. The van der Waals surface area contributed by atoms with Gasteiger partial charge in [0.25, 0.3) is 0 Å². The van der Waals surface area contributed by atoms with Gasteiger partial charge in [0.2, 0.25) is 11.5 Å². The lowest BCUT2D eigenvalue weighted by Crippen LogP contribution is -1.89. The van der Waals surface area contributed by atoms with Crippen LogP contribution < -0.4 is 18.9 Å².